The van der Waals surface area contributed by atoms with Crippen molar-refractivity contribution in [2.24, 2.45) is 11.3 Å². The minimum absolute atomic E-state index is 0.0257. The van der Waals surface area contributed by atoms with E-state index in [1.54, 1.807) is 0 Å². The summed E-state index contributed by atoms with van der Waals surface area (Å²) >= 11 is 0. The maximum absolute atomic E-state index is 12.6. The highest BCUT2D eigenvalue weighted by molar-refractivity contribution is 6.06. The van der Waals surface area contributed by atoms with Crippen molar-refractivity contribution < 1.29 is 9.90 Å². The zero-order valence-electron chi connectivity index (χ0n) is 22.6. The van der Waals surface area contributed by atoms with Crippen molar-refractivity contribution in [1.82, 2.24) is 14.8 Å². The first-order valence-corrected chi connectivity index (χ1v) is 13.0. The molecule has 5 nitrogen and oxygen atoms in total. The first-order chi connectivity index (χ1) is 17.5. The summed E-state index contributed by atoms with van der Waals surface area (Å²) < 4.78 is 2.06. The Morgan fingerprint density at radius 1 is 1.05 bits per heavy atom. The fourth-order valence-electron chi connectivity index (χ4n) is 5.49. The fourth-order valence-corrected chi connectivity index (χ4v) is 5.49. The number of benzene rings is 2. The number of aromatic carboxylic acids is 1. The number of hydrogen-bond donors (Lipinski definition) is 1. The standard InChI is InChI=1S/C32H35N3O2/c1-19-11-13-22(14-12-19)18-35-21(3)26(20(2)34-35)16-23-15-24(32(4,5)6)17-27-29(31(36)37)25-9-7-8-10-28(25)33-30(23)27/h7-14,16,24H,15,17-18H2,1-6H3,(H,36,37). The molecular formula is C32H35N3O2. The molecule has 0 spiro atoms. The summed E-state index contributed by atoms with van der Waals surface area (Å²) in [5.74, 6) is -0.586. The molecule has 5 heteroatoms. The number of carbonyl (C=O) groups is 1. The molecule has 2 aromatic carbocycles. The normalized spacial score (nSPS) is 16.8. The van der Waals surface area contributed by atoms with E-state index in [0.29, 0.717) is 29.8 Å². The molecule has 190 valence electrons. The van der Waals surface area contributed by atoms with Crippen LogP contribution in [0, 0.1) is 32.1 Å². The average Bonchev–Trinajstić information content (AvgIpc) is 3.10. The Bertz CT molecular complexity index is 1540. The molecule has 0 fully saturated rings. The van der Waals surface area contributed by atoms with E-state index in [4.69, 9.17) is 10.1 Å². The molecule has 0 amide bonds. The van der Waals surface area contributed by atoms with Crippen LogP contribution in [0.1, 0.15) is 76.9 Å². The molecule has 37 heavy (non-hydrogen) atoms. The number of rotatable bonds is 4. The van der Waals surface area contributed by atoms with Gasteiger partial charge in [-0.1, -0.05) is 68.8 Å². The van der Waals surface area contributed by atoms with Crippen LogP contribution < -0.4 is 0 Å². The topological polar surface area (TPSA) is 68.0 Å². The predicted molar refractivity (Wildman–Crippen MR) is 150 cm³/mol. The number of carboxylic acid groups (broad SMARTS) is 1. The molecule has 1 aliphatic rings. The van der Waals surface area contributed by atoms with Gasteiger partial charge in [0, 0.05) is 16.6 Å². The van der Waals surface area contributed by atoms with E-state index in [9.17, 15) is 9.90 Å². The number of para-hydroxylation sites is 1. The van der Waals surface area contributed by atoms with Crippen LogP contribution in [-0.4, -0.2) is 25.8 Å². The second-order valence-electron chi connectivity index (χ2n) is 11.5. The van der Waals surface area contributed by atoms with Gasteiger partial charge >= 0.3 is 5.97 Å². The van der Waals surface area contributed by atoms with E-state index in [1.165, 1.54) is 11.1 Å². The Balaban J connectivity index is 1.67. The minimum atomic E-state index is -0.887. The molecule has 0 bridgehead atoms. The zero-order chi connectivity index (χ0) is 26.5. The minimum Gasteiger partial charge on any atom is -0.478 e. The van der Waals surface area contributed by atoms with Crippen LogP contribution in [0.2, 0.25) is 0 Å². The van der Waals surface area contributed by atoms with Gasteiger partial charge in [-0.2, -0.15) is 5.10 Å². The van der Waals surface area contributed by atoms with Crippen LogP contribution in [0.15, 0.2) is 48.5 Å². The lowest BCUT2D eigenvalue weighted by atomic mass is 9.69. The molecule has 2 heterocycles. The van der Waals surface area contributed by atoms with Crippen molar-refractivity contribution in [3.63, 3.8) is 0 Å². The lowest BCUT2D eigenvalue weighted by Gasteiger charge is -2.36. The molecular weight excluding hydrogens is 458 g/mol. The largest absolute Gasteiger partial charge is 0.478 e. The van der Waals surface area contributed by atoms with Crippen LogP contribution in [0.25, 0.3) is 22.6 Å². The Labute approximate surface area is 218 Å². The number of aromatic nitrogens is 3. The van der Waals surface area contributed by atoms with Gasteiger partial charge in [0.15, 0.2) is 0 Å². The summed E-state index contributed by atoms with van der Waals surface area (Å²) in [7, 11) is 0. The number of carboxylic acids is 1. The van der Waals surface area contributed by atoms with Crippen LogP contribution in [0.3, 0.4) is 0 Å². The van der Waals surface area contributed by atoms with Crippen LogP contribution in [-0.2, 0) is 13.0 Å². The molecule has 5 rings (SSSR count). The van der Waals surface area contributed by atoms with Gasteiger partial charge in [-0.25, -0.2) is 9.78 Å². The number of pyridine rings is 1. The van der Waals surface area contributed by atoms with Crippen molar-refractivity contribution in [2.75, 3.05) is 0 Å². The maximum Gasteiger partial charge on any atom is 0.336 e. The number of fused-ring (bicyclic) bond motifs is 2. The van der Waals surface area contributed by atoms with Crippen LogP contribution in [0.4, 0.5) is 0 Å². The maximum atomic E-state index is 12.6. The van der Waals surface area contributed by atoms with Gasteiger partial charge in [-0.15, -0.1) is 0 Å². The van der Waals surface area contributed by atoms with Gasteiger partial charge in [0.05, 0.1) is 29.0 Å². The van der Waals surface area contributed by atoms with Crippen molar-refractivity contribution >= 4 is 28.5 Å². The SMILES string of the molecule is Cc1ccc(Cn2nc(C)c(C=C3CC(C(C)(C)C)Cc4c3nc3ccccc3c4C(=O)O)c2C)cc1. The van der Waals surface area contributed by atoms with Gasteiger partial charge in [-0.05, 0) is 73.8 Å². The van der Waals surface area contributed by atoms with Crippen molar-refractivity contribution in [3.05, 3.63) is 93.4 Å². The summed E-state index contributed by atoms with van der Waals surface area (Å²) in [6.45, 7) is 13.7. The molecule has 4 aromatic rings. The molecule has 1 unspecified atom stereocenters. The van der Waals surface area contributed by atoms with Gasteiger partial charge in [0.2, 0.25) is 0 Å². The molecule has 1 N–H and O–H groups in total. The van der Waals surface area contributed by atoms with Crippen molar-refractivity contribution in [3.8, 4) is 0 Å². The van der Waals surface area contributed by atoms with Gasteiger partial charge in [0.1, 0.15) is 0 Å². The van der Waals surface area contributed by atoms with E-state index in [-0.39, 0.29) is 5.41 Å². The van der Waals surface area contributed by atoms with E-state index in [0.717, 1.165) is 45.7 Å². The summed E-state index contributed by atoms with van der Waals surface area (Å²) in [5, 5.41) is 15.9. The third-order valence-electron chi connectivity index (χ3n) is 7.86. The summed E-state index contributed by atoms with van der Waals surface area (Å²) in [6, 6.07) is 16.2. The van der Waals surface area contributed by atoms with E-state index in [2.05, 4.69) is 69.6 Å². The number of nitrogens with zero attached hydrogens (tertiary/aromatic N) is 3. The molecule has 0 aliphatic heterocycles. The average molecular weight is 494 g/mol. The van der Waals surface area contributed by atoms with E-state index in [1.807, 2.05) is 31.2 Å². The smallest absolute Gasteiger partial charge is 0.336 e. The molecule has 2 aromatic heterocycles. The second-order valence-corrected chi connectivity index (χ2v) is 11.5. The first kappa shape index (κ1) is 24.9. The number of allylic oxidation sites excluding steroid dienone is 1. The van der Waals surface area contributed by atoms with Crippen LogP contribution >= 0.6 is 0 Å². The Kier molecular flexibility index (Phi) is 6.26. The van der Waals surface area contributed by atoms with Gasteiger partial charge in [0.25, 0.3) is 0 Å². The highest BCUT2D eigenvalue weighted by Gasteiger charge is 2.35. The molecule has 0 saturated carbocycles. The summed E-state index contributed by atoms with van der Waals surface area (Å²) in [5.41, 5.74) is 9.53. The van der Waals surface area contributed by atoms with Crippen molar-refractivity contribution in [2.45, 2.75) is 60.9 Å². The van der Waals surface area contributed by atoms with Gasteiger partial charge < -0.3 is 5.11 Å². The quantitative estimate of drug-likeness (QED) is 0.325. The Morgan fingerprint density at radius 3 is 2.43 bits per heavy atom. The molecule has 1 aliphatic carbocycles. The molecule has 1 atom stereocenters. The van der Waals surface area contributed by atoms with E-state index < -0.39 is 5.97 Å². The third kappa shape index (κ3) is 4.71. The highest BCUT2D eigenvalue weighted by atomic mass is 16.4. The predicted octanol–water partition coefficient (Wildman–Crippen LogP) is 7.25. The third-order valence-corrected chi connectivity index (χ3v) is 7.86. The Morgan fingerprint density at radius 2 is 1.76 bits per heavy atom. The van der Waals surface area contributed by atoms with Crippen molar-refractivity contribution in [1.29, 1.82) is 0 Å². The fraction of sp³-hybridized carbons (Fsp3) is 0.344. The molecule has 0 saturated heterocycles. The van der Waals surface area contributed by atoms with Gasteiger partial charge in [-0.3, -0.25) is 4.68 Å². The lowest BCUT2D eigenvalue weighted by Crippen LogP contribution is -2.28. The lowest BCUT2D eigenvalue weighted by molar-refractivity contribution is 0.0696. The summed E-state index contributed by atoms with van der Waals surface area (Å²) in [4.78, 5) is 17.6. The zero-order valence-corrected chi connectivity index (χ0v) is 22.6. The first-order valence-electron chi connectivity index (χ1n) is 13.0. The second kappa shape index (κ2) is 9.29. The number of hydrogen-bond acceptors (Lipinski definition) is 3. The van der Waals surface area contributed by atoms with Crippen LogP contribution in [0.5, 0.6) is 0 Å². The Hall–Kier alpha value is -3.73. The number of aryl methyl sites for hydroxylation is 2. The summed E-state index contributed by atoms with van der Waals surface area (Å²) in [6.07, 6.45) is 3.77. The molecule has 0 radical (unpaired) electrons. The highest BCUT2D eigenvalue weighted by Crippen LogP contribution is 2.45. The monoisotopic (exact) mass is 493 g/mol. The van der Waals surface area contributed by atoms with E-state index >= 15 is 0 Å².